The molecule has 10 aromatic rings. The van der Waals surface area contributed by atoms with Crippen molar-refractivity contribution in [1.82, 2.24) is 0 Å². The zero-order chi connectivity index (χ0) is 32.3. The van der Waals surface area contributed by atoms with Gasteiger partial charge in [-0.05, 0) is 88.3 Å². The van der Waals surface area contributed by atoms with Crippen LogP contribution in [0.25, 0.3) is 76.9 Å². The van der Waals surface area contributed by atoms with Gasteiger partial charge in [-0.2, -0.15) is 0 Å². The van der Waals surface area contributed by atoms with Crippen LogP contribution in [-0.2, 0) is 0 Å². The van der Waals surface area contributed by atoms with E-state index in [1.807, 2.05) is 12.1 Å². The van der Waals surface area contributed by atoms with Gasteiger partial charge in [0.25, 0.3) is 0 Å². The van der Waals surface area contributed by atoms with Gasteiger partial charge >= 0.3 is 0 Å². The van der Waals surface area contributed by atoms with Crippen molar-refractivity contribution >= 4 is 71.7 Å². The molecule has 2 aromatic heterocycles. The quantitative estimate of drug-likeness (QED) is 0.190. The highest BCUT2D eigenvalue weighted by Gasteiger charge is 2.18. The monoisotopic (exact) mass is 627 g/mol. The zero-order valence-corrected chi connectivity index (χ0v) is 26.5. The summed E-state index contributed by atoms with van der Waals surface area (Å²) in [5, 5.41) is 6.79. The molecule has 0 N–H and O–H groups in total. The normalized spacial score (nSPS) is 11.7. The molecule has 0 aliphatic carbocycles. The van der Waals surface area contributed by atoms with Gasteiger partial charge in [-0.15, -0.1) is 0 Å². The van der Waals surface area contributed by atoms with Gasteiger partial charge in [0, 0.05) is 44.0 Å². The molecule has 230 valence electrons. The Bertz CT molecular complexity index is 2830. The van der Waals surface area contributed by atoms with Crippen molar-refractivity contribution in [3.05, 3.63) is 176 Å². The molecule has 0 atom stereocenters. The number of anilines is 3. The van der Waals surface area contributed by atoms with Gasteiger partial charge in [-0.25, -0.2) is 0 Å². The summed E-state index contributed by atoms with van der Waals surface area (Å²) in [5.74, 6) is 0. The standard InChI is InChI=1S/C46H29NO2/c1-2-10-30(11-3-1)33-13-8-14-35(28-33)47(36-25-27-43-41(29-36)39-16-6-7-18-42(39)48-43)34-23-20-32(21-24-34)37-17-9-19-44-45(37)40-26-22-31-12-4-5-15-38(31)46(40)49-44/h1-29H. The van der Waals surface area contributed by atoms with Gasteiger partial charge in [-0.1, -0.05) is 115 Å². The summed E-state index contributed by atoms with van der Waals surface area (Å²) >= 11 is 0. The molecule has 10 rings (SSSR count). The van der Waals surface area contributed by atoms with Crippen molar-refractivity contribution < 1.29 is 8.83 Å². The predicted octanol–water partition coefficient (Wildman–Crippen LogP) is 13.4. The molecule has 0 saturated carbocycles. The van der Waals surface area contributed by atoms with Crippen molar-refractivity contribution in [2.75, 3.05) is 4.90 Å². The molecule has 0 bridgehead atoms. The third-order valence-electron chi connectivity index (χ3n) is 9.65. The van der Waals surface area contributed by atoms with E-state index in [1.54, 1.807) is 0 Å². The first-order valence-corrected chi connectivity index (χ1v) is 16.6. The van der Waals surface area contributed by atoms with Gasteiger partial charge < -0.3 is 13.7 Å². The molecule has 0 unspecified atom stereocenters. The third-order valence-corrected chi connectivity index (χ3v) is 9.65. The van der Waals surface area contributed by atoms with Gasteiger partial charge in [0.2, 0.25) is 0 Å². The summed E-state index contributed by atoms with van der Waals surface area (Å²) < 4.78 is 12.7. The first-order valence-electron chi connectivity index (χ1n) is 16.6. The number of furan rings is 2. The van der Waals surface area contributed by atoms with E-state index in [1.165, 1.54) is 16.5 Å². The van der Waals surface area contributed by atoms with Crippen LogP contribution in [0, 0.1) is 0 Å². The van der Waals surface area contributed by atoms with E-state index in [0.29, 0.717) is 0 Å². The number of hydrogen-bond donors (Lipinski definition) is 0. The Morgan fingerprint density at radius 1 is 0.347 bits per heavy atom. The van der Waals surface area contributed by atoms with E-state index in [2.05, 4.69) is 169 Å². The lowest BCUT2D eigenvalue weighted by atomic mass is 9.98. The molecular formula is C46H29NO2. The van der Waals surface area contributed by atoms with Crippen LogP contribution in [0.2, 0.25) is 0 Å². The molecule has 3 heteroatoms. The highest BCUT2D eigenvalue weighted by Crippen LogP contribution is 2.43. The Morgan fingerprint density at radius 3 is 1.94 bits per heavy atom. The van der Waals surface area contributed by atoms with Crippen LogP contribution in [0.5, 0.6) is 0 Å². The zero-order valence-electron chi connectivity index (χ0n) is 26.5. The SMILES string of the molecule is c1ccc(-c2cccc(N(c3ccc(-c4cccc5oc6c7ccccc7ccc6c45)cc3)c3ccc4oc5ccccc5c4c3)c2)cc1. The lowest BCUT2D eigenvalue weighted by Crippen LogP contribution is -2.10. The molecule has 49 heavy (non-hydrogen) atoms. The maximum atomic E-state index is 6.50. The lowest BCUT2D eigenvalue weighted by molar-refractivity contribution is 0.669. The van der Waals surface area contributed by atoms with Crippen LogP contribution in [0.15, 0.2) is 185 Å². The summed E-state index contributed by atoms with van der Waals surface area (Å²) in [6.45, 7) is 0. The van der Waals surface area contributed by atoms with Crippen molar-refractivity contribution in [3.63, 3.8) is 0 Å². The van der Waals surface area contributed by atoms with Crippen LogP contribution in [0.3, 0.4) is 0 Å². The van der Waals surface area contributed by atoms with E-state index in [9.17, 15) is 0 Å². The van der Waals surface area contributed by atoms with Crippen LogP contribution >= 0.6 is 0 Å². The van der Waals surface area contributed by atoms with Crippen LogP contribution in [0.4, 0.5) is 17.1 Å². The van der Waals surface area contributed by atoms with Crippen molar-refractivity contribution in [2.24, 2.45) is 0 Å². The topological polar surface area (TPSA) is 29.5 Å². The molecule has 0 spiro atoms. The second-order valence-corrected chi connectivity index (χ2v) is 12.5. The number of fused-ring (bicyclic) bond motifs is 8. The predicted molar refractivity (Wildman–Crippen MR) is 204 cm³/mol. The second-order valence-electron chi connectivity index (χ2n) is 12.5. The Hall–Kier alpha value is -6.58. The molecule has 3 nitrogen and oxygen atoms in total. The molecule has 0 fully saturated rings. The summed E-state index contributed by atoms with van der Waals surface area (Å²) in [4.78, 5) is 2.33. The lowest BCUT2D eigenvalue weighted by Gasteiger charge is -2.26. The Balaban J connectivity index is 1.13. The number of para-hydroxylation sites is 1. The number of nitrogens with zero attached hydrogens (tertiary/aromatic N) is 1. The van der Waals surface area contributed by atoms with Gasteiger partial charge in [0.1, 0.15) is 22.3 Å². The smallest absolute Gasteiger partial charge is 0.143 e. The highest BCUT2D eigenvalue weighted by molar-refractivity contribution is 6.19. The largest absolute Gasteiger partial charge is 0.456 e. The van der Waals surface area contributed by atoms with Crippen molar-refractivity contribution in [2.45, 2.75) is 0 Å². The van der Waals surface area contributed by atoms with Gasteiger partial charge in [0.05, 0.1) is 0 Å². The summed E-state index contributed by atoms with van der Waals surface area (Å²) in [6.07, 6.45) is 0. The van der Waals surface area contributed by atoms with Gasteiger partial charge in [0.15, 0.2) is 0 Å². The fraction of sp³-hybridized carbons (Fsp3) is 0. The maximum absolute atomic E-state index is 6.50. The molecule has 0 saturated heterocycles. The van der Waals surface area contributed by atoms with Crippen LogP contribution < -0.4 is 4.90 Å². The summed E-state index contributed by atoms with van der Waals surface area (Å²) in [6, 6.07) is 62.1. The van der Waals surface area contributed by atoms with E-state index in [-0.39, 0.29) is 0 Å². The Morgan fingerprint density at radius 2 is 1.04 bits per heavy atom. The van der Waals surface area contributed by atoms with Crippen molar-refractivity contribution in [3.8, 4) is 22.3 Å². The minimum Gasteiger partial charge on any atom is -0.456 e. The van der Waals surface area contributed by atoms with E-state index >= 15 is 0 Å². The number of hydrogen-bond acceptors (Lipinski definition) is 3. The molecule has 8 aromatic carbocycles. The summed E-state index contributed by atoms with van der Waals surface area (Å²) in [7, 11) is 0. The molecule has 0 aliphatic heterocycles. The highest BCUT2D eigenvalue weighted by atomic mass is 16.3. The number of rotatable bonds is 5. The Labute approximate surface area is 282 Å². The Kier molecular flexibility index (Phi) is 6.18. The summed E-state index contributed by atoms with van der Waals surface area (Å²) in [5.41, 5.74) is 11.5. The second kappa shape index (κ2) is 11.0. The maximum Gasteiger partial charge on any atom is 0.143 e. The van der Waals surface area contributed by atoms with Crippen molar-refractivity contribution in [1.29, 1.82) is 0 Å². The fourth-order valence-electron chi connectivity index (χ4n) is 7.34. The average Bonchev–Trinajstić information content (AvgIpc) is 3.74. The molecule has 0 radical (unpaired) electrons. The molecular weight excluding hydrogens is 599 g/mol. The molecule has 0 aliphatic rings. The first-order chi connectivity index (χ1) is 24.3. The van der Waals surface area contributed by atoms with E-state index < -0.39 is 0 Å². The van der Waals surface area contributed by atoms with E-state index in [4.69, 9.17) is 8.83 Å². The minimum atomic E-state index is 0.881. The molecule has 0 amide bonds. The number of benzene rings is 8. The van der Waals surface area contributed by atoms with Crippen LogP contribution in [0.1, 0.15) is 0 Å². The third kappa shape index (κ3) is 4.51. The van der Waals surface area contributed by atoms with Gasteiger partial charge in [-0.3, -0.25) is 0 Å². The average molecular weight is 628 g/mol. The minimum absolute atomic E-state index is 0.881. The van der Waals surface area contributed by atoms with Crippen LogP contribution in [-0.4, -0.2) is 0 Å². The first kappa shape index (κ1) is 27.5. The molecule has 2 heterocycles. The van der Waals surface area contributed by atoms with E-state index in [0.717, 1.165) is 77.5 Å². The fourth-order valence-corrected chi connectivity index (χ4v) is 7.34.